The first-order valence-corrected chi connectivity index (χ1v) is 3.96. The van der Waals surface area contributed by atoms with Crippen molar-refractivity contribution in [3.8, 4) is 0 Å². The van der Waals surface area contributed by atoms with Gasteiger partial charge in [-0.15, -0.1) is 0 Å². The molecule has 0 radical (unpaired) electrons. The Morgan fingerprint density at radius 3 is 3.00 bits per heavy atom. The number of urea groups is 1. The zero-order chi connectivity index (χ0) is 11.3. The number of carbonyl (C=O) groups is 1. The molecule has 15 heavy (non-hydrogen) atoms. The quantitative estimate of drug-likeness (QED) is 0.403. The van der Waals surface area contributed by atoms with Gasteiger partial charge in [-0.1, -0.05) is 0 Å². The number of hydrazone groups is 1. The van der Waals surface area contributed by atoms with Crippen LogP contribution in [0.15, 0.2) is 27.0 Å². The molecule has 0 saturated carbocycles. The Kier molecular flexibility index (Phi) is 3.38. The molecule has 0 atom stereocenters. The predicted molar refractivity (Wildman–Crippen MR) is 52.5 cm³/mol. The number of primary amides is 1. The van der Waals surface area contributed by atoms with E-state index in [9.17, 15) is 14.4 Å². The first kappa shape index (κ1) is 10.7. The van der Waals surface area contributed by atoms with Gasteiger partial charge in [0.05, 0.1) is 6.54 Å². The summed E-state index contributed by atoms with van der Waals surface area (Å²) in [5.41, 5.74) is 5.69. The van der Waals surface area contributed by atoms with Gasteiger partial charge in [0.2, 0.25) is 0 Å². The van der Waals surface area contributed by atoms with E-state index in [0.29, 0.717) is 0 Å². The summed E-state index contributed by atoms with van der Waals surface area (Å²) in [4.78, 5) is 34.1. The lowest BCUT2D eigenvalue weighted by molar-refractivity contribution is 0.249. The first-order chi connectivity index (χ1) is 7.09. The van der Waals surface area contributed by atoms with Gasteiger partial charge in [0.25, 0.3) is 5.56 Å². The van der Waals surface area contributed by atoms with E-state index >= 15 is 0 Å². The molecule has 0 aliphatic rings. The first-order valence-electron chi connectivity index (χ1n) is 3.96. The molecule has 0 spiro atoms. The summed E-state index contributed by atoms with van der Waals surface area (Å²) in [5, 5.41) is 3.43. The number of aromatic nitrogens is 2. The van der Waals surface area contributed by atoms with E-state index in [-0.39, 0.29) is 6.54 Å². The maximum Gasteiger partial charge on any atom is 0.332 e. The van der Waals surface area contributed by atoms with Crippen molar-refractivity contribution >= 4 is 12.2 Å². The van der Waals surface area contributed by atoms with Crippen LogP contribution in [-0.4, -0.2) is 21.8 Å². The molecule has 8 heteroatoms. The van der Waals surface area contributed by atoms with Crippen molar-refractivity contribution in [3.05, 3.63) is 33.1 Å². The van der Waals surface area contributed by atoms with Gasteiger partial charge in [-0.05, 0) is 0 Å². The lowest BCUT2D eigenvalue weighted by atomic mass is 10.6. The lowest BCUT2D eigenvalue weighted by Gasteiger charge is -1.98. The second kappa shape index (κ2) is 4.74. The number of rotatable bonds is 3. The third-order valence-corrected chi connectivity index (χ3v) is 1.44. The van der Waals surface area contributed by atoms with Crippen LogP contribution in [0.5, 0.6) is 0 Å². The van der Waals surface area contributed by atoms with Gasteiger partial charge in [-0.2, -0.15) is 5.10 Å². The highest BCUT2D eigenvalue weighted by Gasteiger charge is 1.93. The Balaban J connectivity index is 2.66. The van der Waals surface area contributed by atoms with Crippen LogP contribution in [0, 0.1) is 0 Å². The minimum absolute atomic E-state index is 0.121. The van der Waals surface area contributed by atoms with E-state index in [0.717, 1.165) is 0 Å². The molecule has 1 heterocycles. The van der Waals surface area contributed by atoms with Crippen molar-refractivity contribution in [1.29, 1.82) is 0 Å². The van der Waals surface area contributed by atoms with Crippen LogP contribution in [0.1, 0.15) is 0 Å². The molecule has 1 aromatic rings. The summed E-state index contributed by atoms with van der Waals surface area (Å²) in [7, 11) is 0. The molecular weight excluding hydrogens is 202 g/mol. The molecule has 0 bridgehead atoms. The average molecular weight is 211 g/mol. The van der Waals surface area contributed by atoms with Crippen molar-refractivity contribution < 1.29 is 4.79 Å². The molecule has 1 aromatic heterocycles. The number of aromatic amines is 1. The van der Waals surface area contributed by atoms with Gasteiger partial charge in [0, 0.05) is 18.5 Å². The van der Waals surface area contributed by atoms with Crippen LogP contribution in [0.2, 0.25) is 0 Å². The highest BCUT2D eigenvalue weighted by Crippen LogP contribution is 1.72. The number of amides is 2. The molecule has 0 fully saturated rings. The zero-order valence-corrected chi connectivity index (χ0v) is 7.64. The predicted octanol–water partition coefficient (Wildman–Crippen LogP) is -1.81. The highest BCUT2D eigenvalue weighted by atomic mass is 16.2. The fraction of sp³-hybridized carbons (Fsp3) is 0.143. The Labute approximate surface area is 83.4 Å². The van der Waals surface area contributed by atoms with Crippen molar-refractivity contribution in [1.82, 2.24) is 15.0 Å². The van der Waals surface area contributed by atoms with Gasteiger partial charge < -0.3 is 5.73 Å². The number of carbonyl (C=O) groups excluding carboxylic acids is 1. The van der Waals surface area contributed by atoms with E-state index in [1.807, 2.05) is 5.43 Å². The third kappa shape index (κ3) is 3.46. The molecule has 4 N–H and O–H groups in total. The van der Waals surface area contributed by atoms with E-state index in [4.69, 9.17) is 5.73 Å². The smallest absolute Gasteiger partial charge is 0.332 e. The fourth-order valence-corrected chi connectivity index (χ4v) is 0.826. The van der Waals surface area contributed by atoms with Crippen molar-refractivity contribution in [2.24, 2.45) is 10.8 Å². The Bertz CT molecular complexity index is 486. The van der Waals surface area contributed by atoms with Crippen LogP contribution in [-0.2, 0) is 6.54 Å². The van der Waals surface area contributed by atoms with Crippen LogP contribution >= 0.6 is 0 Å². The van der Waals surface area contributed by atoms with E-state index in [1.165, 1.54) is 23.0 Å². The van der Waals surface area contributed by atoms with Crippen LogP contribution in [0.25, 0.3) is 0 Å². The Hall–Kier alpha value is -2.38. The zero-order valence-electron chi connectivity index (χ0n) is 7.64. The average Bonchev–Trinajstić information content (AvgIpc) is 2.14. The topological polar surface area (TPSA) is 122 Å². The highest BCUT2D eigenvalue weighted by molar-refractivity contribution is 5.72. The molecule has 0 aromatic carbocycles. The van der Waals surface area contributed by atoms with Gasteiger partial charge in [-0.3, -0.25) is 14.3 Å². The van der Waals surface area contributed by atoms with E-state index in [1.54, 1.807) is 0 Å². The molecule has 8 nitrogen and oxygen atoms in total. The molecule has 2 amide bonds. The summed E-state index contributed by atoms with van der Waals surface area (Å²) in [6.45, 7) is 0.121. The molecule has 1 rings (SSSR count). The summed E-state index contributed by atoms with van der Waals surface area (Å²) in [5.74, 6) is 0. The number of nitrogens with two attached hydrogens (primary N) is 1. The van der Waals surface area contributed by atoms with Crippen molar-refractivity contribution in [2.75, 3.05) is 0 Å². The SMILES string of the molecule is NC(=O)N/N=C/Cn1ccc(=O)[nH]c1=O. The maximum atomic E-state index is 11.1. The van der Waals surface area contributed by atoms with Crippen LogP contribution in [0.4, 0.5) is 4.79 Å². The molecule has 0 saturated heterocycles. The molecule has 0 aliphatic heterocycles. The fourth-order valence-electron chi connectivity index (χ4n) is 0.826. The van der Waals surface area contributed by atoms with Gasteiger partial charge in [0.1, 0.15) is 0 Å². The third-order valence-electron chi connectivity index (χ3n) is 1.44. The van der Waals surface area contributed by atoms with Crippen LogP contribution in [0.3, 0.4) is 0 Å². The summed E-state index contributed by atoms with van der Waals surface area (Å²) < 4.78 is 1.20. The Morgan fingerprint density at radius 1 is 1.67 bits per heavy atom. The van der Waals surface area contributed by atoms with E-state index < -0.39 is 17.3 Å². The molecule has 0 aliphatic carbocycles. The molecule has 80 valence electrons. The monoisotopic (exact) mass is 211 g/mol. The Morgan fingerprint density at radius 2 is 2.40 bits per heavy atom. The summed E-state index contributed by atoms with van der Waals surface area (Å²) in [6, 6.07) is 0.414. The van der Waals surface area contributed by atoms with E-state index in [2.05, 4.69) is 10.1 Å². The minimum Gasteiger partial charge on any atom is -0.350 e. The largest absolute Gasteiger partial charge is 0.350 e. The number of nitrogens with zero attached hydrogens (tertiary/aromatic N) is 2. The van der Waals surface area contributed by atoms with Crippen molar-refractivity contribution in [2.45, 2.75) is 6.54 Å². The number of hydrogen-bond donors (Lipinski definition) is 3. The second-order valence-electron chi connectivity index (χ2n) is 2.55. The second-order valence-corrected chi connectivity index (χ2v) is 2.55. The summed E-state index contributed by atoms with van der Waals surface area (Å²) >= 11 is 0. The van der Waals surface area contributed by atoms with Gasteiger partial charge in [-0.25, -0.2) is 15.0 Å². The van der Waals surface area contributed by atoms with Gasteiger partial charge >= 0.3 is 11.7 Å². The van der Waals surface area contributed by atoms with Crippen molar-refractivity contribution in [3.63, 3.8) is 0 Å². The van der Waals surface area contributed by atoms with Crippen LogP contribution < -0.4 is 22.4 Å². The lowest BCUT2D eigenvalue weighted by Crippen LogP contribution is -2.29. The number of H-pyrrole nitrogens is 1. The maximum absolute atomic E-state index is 11.1. The number of hydrogen-bond acceptors (Lipinski definition) is 4. The molecular formula is C7H9N5O3. The summed E-state index contributed by atoms with van der Waals surface area (Å²) in [6.07, 6.45) is 2.59. The normalized spacial score (nSPS) is 10.4. The molecule has 0 unspecified atom stereocenters. The minimum atomic E-state index is -0.792. The van der Waals surface area contributed by atoms with Gasteiger partial charge in [0.15, 0.2) is 0 Å². The number of nitrogens with one attached hydrogen (secondary N) is 2. The standard InChI is InChI=1S/C7H9N5O3/c8-6(14)11-9-2-4-12-3-1-5(13)10-7(12)15/h1-3H,4H2,(H3,8,11,14)(H,10,13,15)/b9-2+.